The van der Waals surface area contributed by atoms with Crippen molar-refractivity contribution >= 4 is 12.3 Å². The number of nitrogens with zero attached hydrogens (tertiary/aromatic N) is 2. The van der Waals surface area contributed by atoms with Gasteiger partial charge in [-0.3, -0.25) is 9.79 Å². The second kappa shape index (κ2) is 3.59. The zero-order valence-corrected chi connectivity index (χ0v) is 8.39. The van der Waals surface area contributed by atoms with Crippen LogP contribution in [0, 0.1) is 5.92 Å². The van der Waals surface area contributed by atoms with Crippen molar-refractivity contribution in [2.24, 2.45) is 10.9 Å². The molecule has 0 aromatic carbocycles. The molecule has 4 nitrogen and oxygen atoms in total. The first-order chi connectivity index (χ1) is 6.66. The average Bonchev–Trinajstić information content (AvgIpc) is 2.47. The monoisotopic (exact) mass is 196 g/mol. The Hall–Kier alpha value is -1.06. The van der Waals surface area contributed by atoms with Crippen LogP contribution in [0.4, 0.5) is 0 Å². The third-order valence-corrected chi connectivity index (χ3v) is 3.32. The normalized spacial score (nSPS) is 35.8. The molecule has 0 aromatic heterocycles. The van der Waals surface area contributed by atoms with Crippen molar-refractivity contribution in [1.29, 1.82) is 0 Å². The quantitative estimate of drug-likeness (QED) is 0.716. The Morgan fingerprint density at radius 2 is 2.43 bits per heavy atom. The van der Waals surface area contributed by atoms with Gasteiger partial charge < -0.3 is 10.0 Å². The van der Waals surface area contributed by atoms with Crippen LogP contribution in [-0.2, 0) is 4.79 Å². The van der Waals surface area contributed by atoms with Crippen molar-refractivity contribution in [2.75, 3.05) is 7.05 Å². The number of likely N-dealkylation sites (N-methyl/N-ethyl adjacent to an activating group) is 1. The van der Waals surface area contributed by atoms with E-state index in [1.165, 1.54) is 0 Å². The SMILES string of the molecule is CN1C=NC2CCC(CC(=O)O)CC21. The van der Waals surface area contributed by atoms with Crippen molar-refractivity contribution in [1.82, 2.24) is 4.90 Å². The maximum absolute atomic E-state index is 10.6. The molecule has 0 bridgehead atoms. The topological polar surface area (TPSA) is 52.9 Å². The molecule has 1 heterocycles. The van der Waals surface area contributed by atoms with Crippen LogP contribution in [0.25, 0.3) is 0 Å². The first-order valence-corrected chi connectivity index (χ1v) is 5.14. The number of rotatable bonds is 2. The van der Waals surface area contributed by atoms with Crippen LogP contribution in [0.2, 0.25) is 0 Å². The number of hydrogen-bond donors (Lipinski definition) is 1. The molecule has 1 N–H and O–H groups in total. The lowest BCUT2D eigenvalue weighted by atomic mass is 9.81. The fraction of sp³-hybridized carbons (Fsp3) is 0.800. The molecule has 4 heteroatoms. The summed E-state index contributed by atoms with van der Waals surface area (Å²) in [6.07, 6.45) is 5.24. The Labute approximate surface area is 83.6 Å². The van der Waals surface area contributed by atoms with Crippen LogP contribution >= 0.6 is 0 Å². The summed E-state index contributed by atoms with van der Waals surface area (Å²) in [6, 6.07) is 0.873. The lowest BCUT2D eigenvalue weighted by Crippen LogP contribution is -2.39. The second-order valence-corrected chi connectivity index (χ2v) is 4.34. The third kappa shape index (κ3) is 1.74. The van der Waals surface area contributed by atoms with Gasteiger partial charge in [0.05, 0.1) is 18.4 Å². The smallest absolute Gasteiger partial charge is 0.303 e. The zero-order valence-electron chi connectivity index (χ0n) is 8.39. The fourth-order valence-corrected chi connectivity index (χ4v) is 2.54. The van der Waals surface area contributed by atoms with Gasteiger partial charge in [0.1, 0.15) is 0 Å². The number of aliphatic carboxylic acids is 1. The molecule has 1 aliphatic heterocycles. The van der Waals surface area contributed by atoms with E-state index in [4.69, 9.17) is 5.11 Å². The molecule has 1 saturated carbocycles. The maximum atomic E-state index is 10.6. The lowest BCUT2D eigenvalue weighted by molar-refractivity contribution is -0.138. The number of hydrogen-bond acceptors (Lipinski definition) is 3. The predicted molar refractivity (Wildman–Crippen MR) is 53.4 cm³/mol. The van der Waals surface area contributed by atoms with E-state index in [1.807, 2.05) is 13.4 Å². The van der Waals surface area contributed by atoms with Gasteiger partial charge in [-0.25, -0.2) is 0 Å². The van der Waals surface area contributed by atoms with E-state index in [0.29, 0.717) is 24.4 Å². The predicted octanol–water partition coefficient (Wildman–Crippen LogP) is 0.972. The summed E-state index contributed by atoms with van der Waals surface area (Å²) in [7, 11) is 2.03. The first kappa shape index (κ1) is 9.49. The van der Waals surface area contributed by atoms with Gasteiger partial charge in [-0.05, 0) is 25.2 Å². The molecule has 1 fully saturated rings. The molecular formula is C10H16N2O2. The second-order valence-electron chi connectivity index (χ2n) is 4.34. The van der Waals surface area contributed by atoms with Gasteiger partial charge in [-0.15, -0.1) is 0 Å². The Balaban J connectivity index is 1.93. The van der Waals surface area contributed by atoms with Crippen molar-refractivity contribution in [2.45, 2.75) is 37.8 Å². The summed E-state index contributed by atoms with van der Waals surface area (Å²) in [5.74, 6) is -0.326. The molecule has 3 atom stereocenters. The standard InChI is InChI=1S/C10H16N2O2/c1-12-6-11-8-3-2-7(4-9(8)12)5-10(13)14/h6-9H,2-5H2,1H3,(H,13,14). The van der Waals surface area contributed by atoms with Gasteiger partial charge in [0, 0.05) is 13.5 Å². The Bertz CT molecular complexity index is 265. The highest BCUT2D eigenvalue weighted by atomic mass is 16.4. The molecule has 0 spiro atoms. The van der Waals surface area contributed by atoms with E-state index < -0.39 is 5.97 Å². The number of aliphatic imine (C=N–C) groups is 1. The van der Waals surface area contributed by atoms with E-state index in [0.717, 1.165) is 19.3 Å². The molecule has 2 rings (SSSR count). The summed E-state index contributed by atoms with van der Waals surface area (Å²) < 4.78 is 0. The molecule has 2 aliphatic rings. The summed E-state index contributed by atoms with van der Waals surface area (Å²) in [5.41, 5.74) is 0. The first-order valence-electron chi connectivity index (χ1n) is 5.14. The molecule has 3 unspecified atom stereocenters. The van der Waals surface area contributed by atoms with Crippen LogP contribution in [0.1, 0.15) is 25.7 Å². The largest absolute Gasteiger partial charge is 0.481 e. The molecule has 78 valence electrons. The Morgan fingerprint density at radius 1 is 1.64 bits per heavy atom. The van der Waals surface area contributed by atoms with Crippen molar-refractivity contribution in [3.8, 4) is 0 Å². The minimum atomic E-state index is -0.671. The molecule has 0 amide bonds. The molecular weight excluding hydrogens is 180 g/mol. The zero-order chi connectivity index (χ0) is 10.1. The molecule has 14 heavy (non-hydrogen) atoms. The van der Waals surface area contributed by atoms with Crippen LogP contribution in [0.15, 0.2) is 4.99 Å². The highest BCUT2D eigenvalue weighted by Gasteiger charge is 2.35. The molecule has 0 saturated heterocycles. The fourth-order valence-electron chi connectivity index (χ4n) is 2.54. The van der Waals surface area contributed by atoms with Crippen molar-refractivity contribution in [3.63, 3.8) is 0 Å². The maximum Gasteiger partial charge on any atom is 0.303 e. The summed E-state index contributed by atoms with van der Waals surface area (Å²) in [5, 5.41) is 8.73. The van der Waals surface area contributed by atoms with Gasteiger partial charge in [-0.1, -0.05) is 0 Å². The summed E-state index contributed by atoms with van der Waals surface area (Å²) in [6.45, 7) is 0. The van der Waals surface area contributed by atoms with Crippen LogP contribution in [0.3, 0.4) is 0 Å². The van der Waals surface area contributed by atoms with Crippen LogP contribution < -0.4 is 0 Å². The Kier molecular flexibility index (Phi) is 2.44. The summed E-state index contributed by atoms with van der Waals surface area (Å²) >= 11 is 0. The van der Waals surface area contributed by atoms with E-state index in [-0.39, 0.29) is 0 Å². The average molecular weight is 196 g/mol. The minimum Gasteiger partial charge on any atom is -0.481 e. The molecule has 1 aliphatic carbocycles. The van der Waals surface area contributed by atoms with E-state index in [2.05, 4.69) is 9.89 Å². The van der Waals surface area contributed by atoms with Crippen LogP contribution in [0.5, 0.6) is 0 Å². The molecule has 0 aromatic rings. The number of carboxylic acid groups (broad SMARTS) is 1. The highest BCUT2D eigenvalue weighted by Crippen LogP contribution is 2.33. The van der Waals surface area contributed by atoms with E-state index in [9.17, 15) is 4.79 Å². The minimum absolute atomic E-state index is 0.317. The lowest BCUT2D eigenvalue weighted by Gasteiger charge is -2.33. The molecule has 0 radical (unpaired) electrons. The van der Waals surface area contributed by atoms with Gasteiger partial charge in [0.2, 0.25) is 0 Å². The van der Waals surface area contributed by atoms with Crippen LogP contribution in [-0.4, -0.2) is 41.4 Å². The van der Waals surface area contributed by atoms with Gasteiger partial charge in [0.25, 0.3) is 0 Å². The van der Waals surface area contributed by atoms with Crippen molar-refractivity contribution < 1.29 is 9.90 Å². The van der Waals surface area contributed by atoms with Gasteiger partial charge >= 0.3 is 5.97 Å². The van der Waals surface area contributed by atoms with Gasteiger partial charge in [-0.2, -0.15) is 0 Å². The number of carbonyl (C=O) groups is 1. The van der Waals surface area contributed by atoms with Crippen molar-refractivity contribution in [3.05, 3.63) is 0 Å². The van der Waals surface area contributed by atoms with E-state index >= 15 is 0 Å². The Morgan fingerprint density at radius 3 is 3.14 bits per heavy atom. The number of fused-ring (bicyclic) bond motifs is 1. The summed E-state index contributed by atoms with van der Waals surface area (Å²) in [4.78, 5) is 17.1. The highest BCUT2D eigenvalue weighted by molar-refractivity contribution is 5.67. The third-order valence-electron chi connectivity index (χ3n) is 3.32. The van der Waals surface area contributed by atoms with E-state index in [1.54, 1.807) is 0 Å². The number of carboxylic acids is 1. The van der Waals surface area contributed by atoms with Gasteiger partial charge in [0.15, 0.2) is 0 Å².